The van der Waals surface area contributed by atoms with Gasteiger partial charge in [-0.1, -0.05) is 33.6 Å². The molecule has 0 rings (SSSR count). The Morgan fingerprint density at radius 2 is 1.93 bits per heavy atom. The van der Waals surface area contributed by atoms with Gasteiger partial charge in [-0.15, -0.1) is 12.4 Å². The van der Waals surface area contributed by atoms with Crippen LogP contribution < -0.4 is 5.73 Å². The van der Waals surface area contributed by atoms with Crippen LogP contribution in [-0.2, 0) is 4.79 Å². The molecule has 1 atom stereocenters. The molecule has 0 saturated heterocycles. The van der Waals surface area contributed by atoms with E-state index in [9.17, 15) is 4.79 Å². The molecular formula is C11H24ClNO2. The minimum absolute atomic E-state index is 0. The molecule has 0 heterocycles. The van der Waals surface area contributed by atoms with E-state index >= 15 is 0 Å². The van der Waals surface area contributed by atoms with Crippen molar-refractivity contribution in [2.24, 2.45) is 11.7 Å². The highest BCUT2D eigenvalue weighted by Gasteiger charge is 2.32. The van der Waals surface area contributed by atoms with Crippen molar-refractivity contribution in [3.05, 3.63) is 0 Å². The zero-order valence-electron chi connectivity index (χ0n) is 9.95. The topological polar surface area (TPSA) is 63.3 Å². The van der Waals surface area contributed by atoms with E-state index in [1.54, 1.807) is 0 Å². The lowest BCUT2D eigenvalue weighted by atomic mass is 9.86. The predicted molar refractivity (Wildman–Crippen MR) is 65.4 cm³/mol. The molecule has 0 saturated carbocycles. The molecule has 0 aliphatic rings. The summed E-state index contributed by atoms with van der Waals surface area (Å²) in [4.78, 5) is 11.0. The smallest absolute Gasteiger partial charge is 0.323 e. The fourth-order valence-corrected chi connectivity index (χ4v) is 1.38. The normalized spacial score (nSPS) is 14.5. The molecule has 0 radical (unpaired) electrons. The lowest BCUT2D eigenvalue weighted by molar-refractivity contribution is -0.144. The summed E-state index contributed by atoms with van der Waals surface area (Å²) in [5.41, 5.74) is 4.88. The summed E-state index contributed by atoms with van der Waals surface area (Å²) in [6.45, 7) is 6.22. The fourth-order valence-electron chi connectivity index (χ4n) is 1.38. The second-order valence-corrected chi connectivity index (χ2v) is 4.50. The van der Waals surface area contributed by atoms with Gasteiger partial charge in [-0.05, 0) is 25.2 Å². The van der Waals surface area contributed by atoms with E-state index in [4.69, 9.17) is 10.8 Å². The maximum absolute atomic E-state index is 11.0. The third-order valence-electron chi connectivity index (χ3n) is 2.57. The van der Waals surface area contributed by atoms with Gasteiger partial charge in [0.1, 0.15) is 5.54 Å². The number of carbonyl (C=O) groups is 1. The number of halogens is 1. The van der Waals surface area contributed by atoms with Gasteiger partial charge in [-0.3, -0.25) is 4.79 Å². The second kappa shape index (κ2) is 7.94. The van der Waals surface area contributed by atoms with Gasteiger partial charge in [0.15, 0.2) is 0 Å². The van der Waals surface area contributed by atoms with Crippen LogP contribution in [0.2, 0.25) is 0 Å². The first-order chi connectivity index (χ1) is 6.42. The molecule has 0 fully saturated rings. The van der Waals surface area contributed by atoms with Crippen molar-refractivity contribution in [1.29, 1.82) is 0 Å². The van der Waals surface area contributed by atoms with Crippen LogP contribution in [-0.4, -0.2) is 16.6 Å². The van der Waals surface area contributed by atoms with Gasteiger partial charge in [0.2, 0.25) is 0 Å². The van der Waals surface area contributed by atoms with Gasteiger partial charge in [0.05, 0.1) is 0 Å². The molecule has 92 valence electrons. The minimum Gasteiger partial charge on any atom is -0.480 e. The van der Waals surface area contributed by atoms with Crippen LogP contribution in [0.25, 0.3) is 0 Å². The molecule has 0 aliphatic heterocycles. The second-order valence-electron chi connectivity index (χ2n) is 4.50. The molecule has 0 bridgehead atoms. The molecule has 0 aromatic rings. The summed E-state index contributed by atoms with van der Waals surface area (Å²) in [5.74, 6) is -0.342. The molecule has 3 N–H and O–H groups in total. The summed E-state index contributed by atoms with van der Waals surface area (Å²) in [5, 5.41) is 9.05. The number of hydrogen-bond acceptors (Lipinski definition) is 2. The van der Waals surface area contributed by atoms with E-state index in [0.717, 1.165) is 19.3 Å². The van der Waals surface area contributed by atoms with Gasteiger partial charge in [0.25, 0.3) is 0 Å². The summed E-state index contributed by atoms with van der Waals surface area (Å²) < 4.78 is 0. The van der Waals surface area contributed by atoms with E-state index in [0.29, 0.717) is 18.8 Å². The van der Waals surface area contributed by atoms with Gasteiger partial charge in [0, 0.05) is 0 Å². The molecule has 3 nitrogen and oxygen atoms in total. The Labute approximate surface area is 98.8 Å². The van der Waals surface area contributed by atoms with Gasteiger partial charge >= 0.3 is 5.97 Å². The third-order valence-corrected chi connectivity index (χ3v) is 2.57. The van der Waals surface area contributed by atoms with Crippen molar-refractivity contribution in [3.63, 3.8) is 0 Å². The van der Waals surface area contributed by atoms with Crippen molar-refractivity contribution in [2.75, 3.05) is 0 Å². The Morgan fingerprint density at radius 1 is 1.40 bits per heavy atom. The first kappa shape index (κ1) is 17.1. The average Bonchev–Trinajstić information content (AvgIpc) is 2.11. The van der Waals surface area contributed by atoms with Crippen molar-refractivity contribution >= 4 is 18.4 Å². The zero-order valence-corrected chi connectivity index (χ0v) is 10.8. The number of carboxylic acid groups (broad SMARTS) is 1. The highest BCUT2D eigenvalue weighted by atomic mass is 35.5. The lowest BCUT2D eigenvalue weighted by Gasteiger charge is -2.25. The molecule has 0 spiro atoms. The molecule has 0 unspecified atom stereocenters. The van der Waals surface area contributed by atoms with Crippen LogP contribution in [0.4, 0.5) is 0 Å². The highest BCUT2D eigenvalue weighted by molar-refractivity contribution is 5.85. The SMILES string of the molecule is CCCC[C@](N)(CCC(C)C)C(=O)O.Cl. The first-order valence-corrected chi connectivity index (χ1v) is 5.44. The maximum atomic E-state index is 11.0. The molecule has 0 aromatic heterocycles. The van der Waals surface area contributed by atoms with E-state index in [1.807, 2.05) is 6.92 Å². The third kappa shape index (κ3) is 6.74. The Hall–Kier alpha value is -0.280. The number of aliphatic carboxylic acids is 1. The van der Waals surface area contributed by atoms with E-state index in [-0.39, 0.29) is 12.4 Å². The molecule has 0 aliphatic carbocycles. The lowest BCUT2D eigenvalue weighted by Crippen LogP contribution is -2.48. The standard InChI is InChI=1S/C11H23NO2.ClH/c1-4-5-7-11(12,10(13)14)8-6-9(2)3;/h9H,4-8,12H2,1-3H3,(H,13,14);1H/t11-;/m0./s1. The monoisotopic (exact) mass is 237 g/mol. The van der Waals surface area contributed by atoms with Crippen molar-refractivity contribution < 1.29 is 9.90 Å². The molecular weight excluding hydrogens is 214 g/mol. The Bertz CT molecular complexity index is 185. The van der Waals surface area contributed by atoms with Crippen LogP contribution in [0.3, 0.4) is 0 Å². The van der Waals surface area contributed by atoms with Crippen LogP contribution >= 0.6 is 12.4 Å². The van der Waals surface area contributed by atoms with Gasteiger partial charge in [-0.2, -0.15) is 0 Å². The van der Waals surface area contributed by atoms with E-state index < -0.39 is 11.5 Å². The average molecular weight is 238 g/mol. The minimum atomic E-state index is -1.000. The van der Waals surface area contributed by atoms with Crippen molar-refractivity contribution in [2.45, 2.75) is 58.4 Å². The number of unbranched alkanes of at least 4 members (excludes halogenated alkanes) is 1. The molecule has 15 heavy (non-hydrogen) atoms. The highest BCUT2D eigenvalue weighted by Crippen LogP contribution is 2.20. The number of nitrogens with two attached hydrogens (primary N) is 1. The summed E-state index contributed by atoms with van der Waals surface area (Å²) in [6.07, 6.45) is 3.94. The molecule has 4 heteroatoms. The Kier molecular flexibility index (Phi) is 9.07. The summed E-state index contributed by atoms with van der Waals surface area (Å²) in [7, 11) is 0. The van der Waals surface area contributed by atoms with Crippen molar-refractivity contribution in [1.82, 2.24) is 0 Å². The van der Waals surface area contributed by atoms with Crippen LogP contribution in [0, 0.1) is 5.92 Å². The van der Waals surface area contributed by atoms with Crippen molar-refractivity contribution in [3.8, 4) is 0 Å². The Morgan fingerprint density at radius 3 is 2.27 bits per heavy atom. The van der Waals surface area contributed by atoms with E-state index in [2.05, 4.69) is 13.8 Å². The fraction of sp³-hybridized carbons (Fsp3) is 0.909. The number of carboxylic acids is 1. The maximum Gasteiger partial charge on any atom is 0.323 e. The largest absolute Gasteiger partial charge is 0.480 e. The zero-order chi connectivity index (χ0) is 11.2. The van der Waals surface area contributed by atoms with Crippen LogP contribution in [0.5, 0.6) is 0 Å². The first-order valence-electron chi connectivity index (χ1n) is 5.44. The van der Waals surface area contributed by atoms with Crippen LogP contribution in [0.15, 0.2) is 0 Å². The molecule has 0 aromatic carbocycles. The number of rotatable bonds is 7. The van der Waals surface area contributed by atoms with Gasteiger partial charge < -0.3 is 10.8 Å². The summed E-state index contributed by atoms with van der Waals surface area (Å²) >= 11 is 0. The summed E-state index contributed by atoms with van der Waals surface area (Å²) in [6, 6.07) is 0. The van der Waals surface area contributed by atoms with Gasteiger partial charge in [-0.25, -0.2) is 0 Å². The number of hydrogen-bond donors (Lipinski definition) is 2. The van der Waals surface area contributed by atoms with Crippen LogP contribution in [0.1, 0.15) is 52.9 Å². The quantitative estimate of drug-likeness (QED) is 0.716. The molecule has 0 amide bonds. The van der Waals surface area contributed by atoms with E-state index in [1.165, 1.54) is 0 Å². The predicted octanol–water partition coefficient (Wildman–Crippen LogP) is 2.82. The Balaban J connectivity index is 0.